The molecule has 0 radical (unpaired) electrons. The summed E-state index contributed by atoms with van der Waals surface area (Å²) in [5.74, 6) is 0.0416. The summed E-state index contributed by atoms with van der Waals surface area (Å²) in [6.07, 6.45) is -5.02. The van der Waals surface area contributed by atoms with Crippen molar-refractivity contribution >= 4 is 11.6 Å². The summed E-state index contributed by atoms with van der Waals surface area (Å²) in [6, 6.07) is -0.908. The van der Waals surface area contributed by atoms with Gasteiger partial charge in [0, 0.05) is 45.6 Å². The van der Waals surface area contributed by atoms with E-state index < -0.39 is 36.3 Å². The van der Waals surface area contributed by atoms with Gasteiger partial charge in [-0.05, 0) is 0 Å². The molecule has 0 bridgehead atoms. The van der Waals surface area contributed by atoms with Gasteiger partial charge in [0.05, 0.1) is 25.0 Å². The average Bonchev–Trinajstić information content (AvgIpc) is 2.75. The van der Waals surface area contributed by atoms with Crippen molar-refractivity contribution in [2.24, 2.45) is 0 Å². The molecule has 4 atom stereocenters. The van der Waals surface area contributed by atoms with E-state index in [-0.39, 0.29) is 18.2 Å². The second-order valence-corrected chi connectivity index (χ2v) is 7.76. The number of nitrogens with one attached hydrogen (secondary N) is 1. The van der Waals surface area contributed by atoms with Crippen LogP contribution in [-0.2, 0) is 15.7 Å². The van der Waals surface area contributed by atoms with Crippen LogP contribution in [0.25, 0.3) is 0 Å². The van der Waals surface area contributed by atoms with Gasteiger partial charge in [-0.15, -0.1) is 0 Å². The molecular formula is C19H28F3N5O4. The predicted molar refractivity (Wildman–Crippen MR) is 104 cm³/mol. The number of aromatic nitrogens is 2. The molecule has 1 aromatic rings. The molecule has 0 aliphatic carbocycles. The summed E-state index contributed by atoms with van der Waals surface area (Å²) in [7, 11) is 0. The van der Waals surface area contributed by atoms with Crippen LogP contribution in [0.5, 0.6) is 0 Å². The Kier molecular flexibility index (Phi) is 7.81. The molecule has 3 heterocycles. The lowest BCUT2D eigenvalue weighted by Crippen LogP contribution is -2.64. The molecule has 1 aromatic heterocycles. The van der Waals surface area contributed by atoms with Crippen molar-refractivity contribution in [3.63, 3.8) is 0 Å². The van der Waals surface area contributed by atoms with Gasteiger partial charge in [0.15, 0.2) is 5.69 Å². The van der Waals surface area contributed by atoms with Crippen LogP contribution in [0, 0.1) is 0 Å². The molecule has 0 aromatic carbocycles. The summed E-state index contributed by atoms with van der Waals surface area (Å²) in [5, 5.41) is 23.3. The lowest BCUT2D eigenvalue weighted by atomic mass is 10.00. The highest BCUT2D eigenvalue weighted by molar-refractivity contribution is 5.78. The SMILES string of the molecule is CCC(=O)CCN1CCN(C2OC[C@H](O)[C@H](O)[C@H]2Nc2cncc(C(F)(F)F)n2)CC1. The fraction of sp³-hybridized carbons (Fsp3) is 0.737. The quantitative estimate of drug-likeness (QED) is 0.545. The highest BCUT2D eigenvalue weighted by atomic mass is 19.4. The molecule has 2 aliphatic heterocycles. The summed E-state index contributed by atoms with van der Waals surface area (Å²) >= 11 is 0. The molecule has 2 fully saturated rings. The number of carbonyl (C=O) groups is 1. The summed E-state index contributed by atoms with van der Waals surface area (Å²) in [6.45, 7) is 4.96. The Morgan fingerprint density at radius 2 is 1.97 bits per heavy atom. The topological polar surface area (TPSA) is 111 Å². The molecule has 2 saturated heterocycles. The monoisotopic (exact) mass is 447 g/mol. The molecule has 0 saturated carbocycles. The number of anilines is 1. The van der Waals surface area contributed by atoms with Crippen LogP contribution in [0.15, 0.2) is 12.4 Å². The zero-order chi connectivity index (χ0) is 22.6. The van der Waals surface area contributed by atoms with Gasteiger partial charge in [-0.25, -0.2) is 4.98 Å². The first kappa shape index (κ1) is 23.8. The number of ether oxygens (including phenoxy) is 1. The Balaban J connectivity index is 1.66. The molecule has 12 heteroatoms. The molecule has 0 spiro atoms. The van der Waals surface area contributed by atoms with Crippen LogP contribution >= 0.6 is 0 Å². The summed E-state index contributed by atoms with van der Waals surface area (Å²) < 4.78 is 44.6. The van der Waals surface area contributed by atoms with Crippen LogP contribution in [-0.4, -0.2) is 99.6 Å². The third-order valence-corrected chi connectivity index (χ3v) is 5.61. The highest BCUT2D eigenvalue weighted by Crippen LogP contribution is 2.28. The van der Waals surface area contributed by atoms with Gasteiger partial charge in [0.1, 0.15) is 30.0 Å². The van der Waals surface area contributed by atoms with Gasteiger partial charge >= 0.3 is 6.18 Å². The first-order chi connectivity index (χ1) is 14.7. The van der Waals surface area contributed by atoms with Gasteiger partial charge in [-0.1, -0.05) is 6.92 Å². The Morgan fingerprint density at radius 1 is 1.26 bits per heavy atom. The molecule has 0 amide bonds. The number of aliphatic hydroxyl groups excluding tert-OH is 2. The Morgan fingerprint density at radius 3 is 2.61 bits per heavy atom. The van der Waals surface area contributed by atoms with E-state index in [9.17, 15) is 28.2 Å². The fourth-order valence-electron chi connectivity index (χ4n) is 3.74. The standard InChI is InChI=1S/C19H28F3N5O4/c1-2-12(28)3-4-26-5-7-27(8-6-26)18-16(17(30)13(29)11-31-18)25-15-10-23-9-14(24-15)19(20,21)22/h9-10,13,16-18,29-30H,2-8,11H2,1H3,(H,24,25)/t13-,16+,17-,18?/m0/s1. The molecular weight excluding hydrogens is 419 g/mol. The number of aliphatic hydroxyl groups is 2. The molecule has 31 heavy (non-hydrogen) atoms. The van der Waals surface area contributed by atoms with Crippen molar-refractivity contribution in [3.05, 3.63) is 18.1 Å². The van der Waals surface area contributed by atoms with Gasteiger partial charge in [0.25, 0.3) is 0 Å². The number of hydrogen-bond donors (Lipinski definition) is 3. The van der Waals surface area contributed by atoms with Crippen LogP contribution in [0.1, 0.15) is 25.5 Å². The predicted octanol–water partition coefficient (Wildman–Crippen LogP) is 0.341. The number of Topliss-reactive ketones (excluding diaryl/α,β-unsaturated/α-hetero) is 1. The maximum Gasteiger partial charge on any atom is 0.434 e. The van der Waals surface area contributed by atoms with Crippen LogP contribution in [0.3, 0.4) is 0 Å². The summed E-state index contributed by atoms with van der Waals surface area (Å²) in [4.78, 5) is 22.8. The van der Waals surface area contributed by atoms with E-state index in [1.807, 2.05) is 11.8 Å². The van der Waals surface area contributed by atoms with E-state index in [2.05, 4.69) is 20.2 Å². The fourth-order valence-corrected chi connectivity index (χ4v) is 3.74. The number of rotatable bonds is 7. The first-order valence-electron chi connectivity index (χ1n) is 10.3. The lowest BCUT2D eigenvalue weighted by Gasteiger charge is -2.46. The normalized spacial score (nSPS) is 28.5. The van der Waals surface area contributed by atoms with Gasteiger partial charge in [-0.3, -0.25) is 14.7 Å². The van der Waals surface area contributed by atoms with Gasteiger partial charge in [0.2, 0.25) is 0 Å². The number of hydrogen-bond acceptors (Lipinski definition) is 9. The van der Waals surface area contributed by atoms with E-state index in [0.29, 0.717) is 51.8 Å². The zero-order valence-corrected chi connectivity index (χ0v) is 17.3. The molecule has 1 unspecified atom stereocenters. The zero-order valence-electron chi connectivity index (χ0n) is 17.3. The van der Waals surface area contributed by atoms with E-state index in [4.69, 9.17) is 4.74 Å². The maximum absolute atomic E-state index is 12.9. The minimum Gasteiger partial charge on any atom is -0.388 e. The van der Waals surface area contributed by atoms with Crippen molar-refractivity contribution in [1.82, 2.24) is 19.8 Å². The summed E-state index contributed by atoms with van der Waals surface area (Å²) in [5.41, 5.74) is -1.16. The van der Waals surface area contributed by atoms with E-state index in [1.165, 1.54) is 0 Å². The minimum atomic E-state index is -4.65. The third-order valence-electron chi connectivity index (χ3n) is 5.61. The minimum absolute atomic E-state index is 0.0938. The Hall–Kier alpha value is -1.86. The van der Waals surface area contributed by atoms with E-state index in [0.717, 1.165) is 6.20 Å². The maximum atomic E-state index is 12.9. The van der Waals surface area contributed by atoms with Crippen molar-refractivity contribution < 1.29 is 32.9 Å². The number of halogens is 3. The van der Waals surface area contributed by atoms with Crippen molar-refractivity contribution in [2.75, 3.05) is 44.6 Å². The van der Waals surface area contributed by atoms with E-state index >= 15 is 0 Å². The number of carbonyl (C=O) groups excluding carboxylic acids is 1. The Bertz CT molecular complexity index is 745. The van der Waals surface area contributed by atoms with Crippen molar-refractivity contribution in [3.8, 4) is 0 Å². The lowest BCUT2D eigenvalue weighted by molar-refractivity contribution is -0.180. The second-order valence-electron chi connectivity index (χ2n) is 7.76. The third kappa shape index (κ3) is 6.10. The highest BCUT2D eigenvalue weighted by Gasteiger charge is 2.43. The molecule has 2 aliphatic rings. The van der Waals surface area contributed by atoms with Crippen LogP contribution in [0.4, 0.5) is 19.0 Å². The molecule has 3 N–H and O–H groups in total. The number of ketones is 1. The van der Waals surface area contributed by atoms with Crippen molar-refractivity contribution in [2.45, 2.75) is 50.4 Å². The van der Waals surface area contributed by atoms with Gasteiger partial charge < -0.3 is 25.2 Å². The average molecular weight is 447 g/mol. The van der Waals surface area contributed by atoms with Crippen LogP contribution in [0.2, 0.25) is 0 Å². The molecule has 3 rings (SSSR count). The van der Waals surface area contributed by atoms with Crippen molar-refractivity contribution in [1.29, 1.82) is 0 Å². The largest absolute Gasteiger partial charge is 0.434 e. The molecule has 9 nitrogen and oxygen atoms in total. The number of piperazine rings is 1. The van der Waals surface area contributed by atoms with Crippen LogP contribution < -0.4 is 5.32 Å². The first-order valence-corrected chi connectivity index (χ1v) is 10.3. The Labute approximate surface area is 178 Å². The van der Waals surface area contributed by atoms with E-state index in [1.54, 1.807) is 0 Å². The number of alkyl halides is 3. The second kappa shape index (κ2) is 10.2. The smallest absolute Gasteiger partial charge is 0.388 e. The number of nitrogens with zero attached hydrogens (tertiary/aromatic N) is 4. The van der Waals surface area contributed by atoms with Gasteiger partial charge in [-0.2, -0.15) is 13.2 Å². The molecule has 174 valence electrons.